The van der Waals surface area contributed by atoms with Crippen LogP contribution in [0.15, 0.2) is 17.1 Å². The summed E-state index contributed by atoms with van der Waals surface area (Å²) < 4.78 is 28.0. The first-order valence-electron chi connectivity index (χ1n) is 7.74. The Hall–Kier alpha value is -1.23. The van der Waals surface area contributed by atoms with Gasteiger partial charge < -0.3 is 9.47 Å². The van der Waals surface area contributed by atoms with Crippen LogP contribution >= 0.6 is 0 Å². The first kappa shape index (κ1) is 17.8. The topological polar surface area (TPSA) is 25.2 Å². The predicted molar refractivity (Wildman–Crippen MR) is 82.1 cm³/mol. The van der Waals surface area contributed by atoms with Gasteiger partial charge in [-0.1, -0.05) is 13.8 Å². The smallest absolute Gasteiger partial charge is 0.286 e. The van der Waals surface area contributed by atoms with Crippen molar-refractivity contribution in [3.05, 3.63) is 34.0 Å². The molecule has 0 radical (unpaired) electrons. The molecule has 1 aromatic rings. The Bertz CT molecular complexity index is 500. The van der Waals surface area contributed by atoms with Gasteiger partial charge in [-0.2, -0.15) is 0 Å². The maximum Gasteiger partial charge on any atom is 0.286 e. The number of rotatable bonds is 4. The average molecular weight is 300 g/mol. The zero-order valence-corrected chi connectivity index (χ0v) is 13.4. The van der Waals surface area contributed by atoms with Crippen molar-refractivity contribution in [1.29, 1.82) is 0 Å². The molecular weight excluding hydrogens is 274 g/mol. The van der Waals surface area contributed by atoms with Gasteiger partial charge in [0.25, 0.3) is 5.56 Å². The molecule has 0 spiro atoms. The highest BCUT2D eigenvalue weighted by atomic mass is 19.1. The highest BCUT2D eigenvalue weighted by molar-refractivity contribution is 5.13. The van der Waals surface area contributed by atoms with Crippen LogP contribution in [0.25, 0.3) is 0 Å². The van der Waals surface area contributed by atoms with Crippen LogP contribution in [0.4, 0.5) is 8.78 Å². The summed E-state index contributed by atoms with van der Waals surface area (Å²) in [6.07, 6.45) is 2.19. The monoisotopic (exact) mass is 300 g/mol. The molecule has 1 saturated heterocycles. The highest BCUT2D eigenvalue weighted by Crippen LogP contribution is 2.13. The second-order valence-corrected chi connectivity index (χ2v) is 5.44. The molecule has 0 aliphatic carbocycles. The van der Waals surface area contributed by atoms with Gasteiger partial charge in [-0.25, -0.2) is 8.78 Å². The molecular formula is C16H26F2N2O. The Labute approximate surface area is 125 Å². The molecule has 0 amide bonds. The molecule has 120 valence electrons. The second kappa shape index (κ2) is 8.27. The molecule has 2 rings (SSSR count). The van der Waals surface area contributed by atoms with Crippen LogP contribution in [0.5, 0.6) is 0 Å². The molecule has 1 aromatic heterocycles. The minimum atomic E-state index is -0.735. The Morgan fingerprint density at radius 2 is 2.05 bits per heavy atom. The zero-order chi connectivity index (χ0) is 16.0. The SMILES string of the molecule is CC.CC(C)n1cc(CCN2CCC(F)C2)cc(F)c1=O. The number of aromatic nitrogens is 1. The van der Waals surface area contributed by atoms with Crippen molar-refractivity contribution in [2.24, 2.45) is 0 Å². The van der Waals surface area contributed by atoms with E-state index in [0.29, 0.717) is 25.9 Å². The van der Waals surface area contributed by atoms with E-state index in [0.717, 1.165) is 12.1 Å². The summed E-state index contributed by atoms with van der Waals surface area (Å²) in [5.41, 5.74) is 0.205. The fourth-order valence-corrected chi connectivity index (χ4v) is 2.42. The van der Waals surface area contributed by atoms with E-state index in [9.17, 15) is 13.6 Å². The normalized spacial score (nSPS) is 18.7. The summed E-state index contributed by atoms with van der Waals surface area (Å²) in [5.74, 6) is -0.712. The Balaban J connectivity index is 0.00000106. The van der Waals surface area contributed by atoms with E-state index in [2.05, 4.69) is 0 Å². The molecule has 0 bridgehead atoms. The minimum absolute atomic E-state index is 0.0658. The van der Waals surface area contributed by atoms with Crippen LogP contribution < -0.4 is 5.56 Å². The van der Waals surface area contributed by atoms with E-state index >= 15 is 0 Å². The quantitative estimate of drug-likeness (QED) is 0.853. The summed E-state index contributed by atoms with van der Waals surface area (Å²) in [4.78, 5) is 13.6. The van der Waals surface area contributed by atoms with Crippen LogP contribution in [0, 0.1) is 5.82 Å². The number of alkyl halides is 1. The summed E-state index contributed by atoms with van der Waals surface area (Å²) in [7, 11) is 0. The lowest BCUT2D eigenvalue weighted by Gasteiger charge is -2.16. The van der Waals surface area contributed by atoms with Crippen LogP contribution in [0.3, 0.4) is 0 Å². The standard InChI is InChI=1S/C14H20F2N2O.C2H6/c1-10(2)18-8-11(7-13(16)14(18)19)3-5-17-6-4-12(15)9-17;1-2/h7-8,10,12H,3-6,9H2,1-2H3;1-2H3. The van der Waals surface area contributed by atoms with Crippen molar-refractivity contribution in [2.75, 3.05) is 19.6 Å². The first-order valence-corrected chi connectivity index (χ1v) is 7.74. The van der Waals surface area contributed by atoms with Gasteiger partial charge in [0.15, 0.2) is 5.82 Å². The third-order valence-electron chi connectivity index (χ3n) is 3.54. The van der Waals surface area contributed by atoms with Crippen molar-refractivity contribution < 1.29 is 8.78 Å². The van der Waals surface area contributed by atoms with E-state index in [1.54, 1.807) is 6.20 Å². The van der Waals surface area contributed by atoms with Gasteiger partial charge in [-0.3, -0.25) is 4.79 Å². The molecule has 1 aliphatic rings. The van der Waals surface area contributed by atoms with Crippen molar-refractivity contribution in [2.45, 2.75) is 52.8 Å². The maximum atomic E-state index is 13.6. The van der Waals surface area contributed by atoms with Crippen LogP contribution in [-0.2, 0) is 6.42 Å². The molecule has 0 N–H and O–H groups in total. The molecule has 3 nitrogen and oxygen atoms in total. The second-order valence-electron chi connectivity index (χ2n) is 5.44. The third-order valence-corrected chi connectivity index (χ3v) is 3.54. The van der Waals surface area contributed by atoms with Gasteiger partial charge in [-0.05, 0) is 38.3 Å². The minimum Gasteiger partial charge on any atom is -0.310 e. The van der Waals surface area contributed by atoms with E-state index in [4.69, 9.17) is 0 Å². The lowest BCUT2D eigenvalue weighted by atomic mass is 10.2. The summed E-state index contributed by atoms with van der Waals surface area (Å²) in [5, 5.41) is 0. The number of hydrogen-bond acceptors (Lipinski definition) is 2. The van der Waals surface area contributed by atoms with Crippen LogP contribution in [-0.4, -0.2) is 35.3 Å². The van der Waals surface area contributed by atoms with Gasteiger partial charge in [0.2, 0.25) is 0 Å². The lowest BCUT2D eigenvalue weighted by molar-refractivity contribution is 0.290. The van der Waals surface area contributed by atoms with Crippen LogP contribution in [0.2, 0.25) is 0 Å². The van der Waals surface area contributed by atoms with Crippen molar-refractivity contribution in [3.8, 4) is 0 Å². The highest BCUT2D eigenvalue weighted by Gasteiger charge is 2.21. The summed E-state index contributed by atoms with van der Waals surface area (Å²) in [6, 6.07) is 1.23. The summed E-state index contributed by atoms with van der Waals surface area (Å²) >= 11 is 0. The van der Waals surface area contributed by atoms with E-state index in [1.807, 2.05) is 32.6 Å². The van der Waals surface area contributed by atoms with Gasteiger partial charge >= 0.3 is 0 Å². The third kappa shape index (κ3) is 4.92. The van der Waals surface area contributed by atoms with Crippen molar-refractivity contribution >= 4 is 0 Å². The Kier molecular flexibility index (Phi) is 7.02. The summed E-state index contributed by atoms with van der Waals surface area (Å²) in [6.45, 7) is 9.62. The van der Waals surface area contributed by atoms with Gasteiger partial charge in [-0.15, -0.1) is 0 Å². The number of pyridine rings is 1. The molecule has 1 aliphatic heterocycles. The van der Waals surface area contributed by atoms with E-state index < -0.39 is 17.5 Å². The molecule has 21 heavy (non-hydrogen) atoms. The van der Waals surface area contributed by atoms with Gasteiger partial charge in [0.1, 0.15) is 6.17 Å². The molecule has 1 atom stereocenters. The molecule has 5 heteroatoms. The Morgan fingerprint density at radius 3 is 2.57 bits per heavy atom. The molecule has 1 unspecified atom stereocenters. The number of hydrogen-bond donors (Lipinski definition) is 0. The molecule has 2 heterocycles. The number of likely N-dealkylation sites (tertiary alicyclic amines) is 1. The predicted octanol–water partition coefficient (Wildman–Crippen LogP) is 3.18. The zero-order valence-electron chi connectivity index (χ0n) is 13.4. The van der Waals surface area contributed by atoms with Crippen molar-refractivity contribution in [1.82, 2.24) is 9.47 Å². The lowest BCUT2D eigenvalue weighted by Crippen LogP contribution is -2.27. The van der Waals surface area contributed by atoms with Gasteiger partial charge in [0.05, 0.1) is 0 Å². The molecule has 1 fully saturated rings. The van der Waals surface area contributed by atoms with E-state index in [1.165, 1.54) is 10.6 Å². The van der Waals surface area contributed by atoms with E-state index in [-0.39, 0.29) is 6.04 Å². The number of nitrogens with zero attached hydrogens (tertiary/aromatic N) is 2. The maximum absolute atomic E-state index is 13.6. The van der Waals surface area contributed by atoms with Crippen molar-refractivity contribution in [3.63, 3.8) is 0 Å². The largest absolute Gasteiger partial charge is 0.310 e. The van der Waals surface area contributed by atoms with Crippen LogP contribution in [0.1, 0.15) is 45.7 Å². The fraction of sp³-hybridized carbons (Fsp3) is 0.688. The number of halogens is 2. The Morgan fingerprint density at radius 1 is 1.38 bits per heavy atom. The van der Waals surface area contributed by atoms with Gasteiger partial charge in [0, 0.05) is 31.9 Å². The molecule has 0 aromatic carbocycles. The first-order chi connectivity index (χ1) is 9.97. The molecule has 0 saturated carbocycles. The average Bonchev–Trinajstić information content (AvgIpc) is 2.87. The fourth-order valence-electron chi connectivity index (χ4n) is 2.42.